The smallest absolute Gasteiger partial charge is 0.282 e. The number of nitrogens with one attached hydrogen (secondary N) is 1. The van der Waals surface area contributed by atoms with Crippen molar-refractivity contribution in [2.45, 2.75) is 25.8 Å². The van der Waals surface area contributed by atoms with Crippen molar-refractivity contribution in [2.24, 2.45) is 11.0 Å². The van der Waals surface area contributed by atoms with E-state index < -0.39 is 0 Å². The number of anilines is 1. The van der Waals surface area contributed by atoms with E-state index in [1.165, 1.54) is 0 Å². The van der Waals surface area contributed by atoms with Gasteiger partial charge in [0.05, 0.1) is 16.8 Å². The summed E-state index contributed by atoms with van der Waals surface area (Å²) in [6.45, 7) is 3.73. The van der Waals surface area contributed by atoms with Crippen molar-refractivity contribution >= 4 is 52.1 Å². The number of hydrazone groups is 1. The molecule has 1 fully saturated rings. The van der Waals surface area contributed by atoms with Gasteiger partial charge in [0.2, 0.25) is 0 Å². The van der Waals surface area contributed by atoms with Gasteiger partial charge in [0.15, 0.2) is 0 Å². The van der Waals surface area contributed by atoms with Gasteiger partial charge in [-0.05, 0) is 48.7 Å². The lowest BCUT2D eigenvalue weighted by atomic mass is 9.91. The molecule has 152 valence electrons. The first-order chi connectivity index (χ1) is 13.9. The van der Waals surface area contributed by atoms with Crippen LogP contribution in [0.2, 0.25) is 15.1 Å². The van der Waals surface area contributed by atoms with Crippen LogP contribution >= 0.6 is 34.8 Å². The summed E-state index contributed by atoms with van der Waals surface area (Å²) in [5, 5.41) is 10.1. The first-order valence-electron chi connectivity index (χ1n) is 9.58. The standard InChI is InChI=1S/C21H21Cl3N4O/c1-13-19(21(29)26-27-10-2-3-11-27)25-28(18-9-8-16(23)12-17(18)24)20(13)14-4-6-15(22)7-5-14/h4-9,12-13,20H,2-3,10-11H2,1H3,(H,26,29)/t13-,20+/m1/s1. The average Bonchev–Trinajstić information content (AvgIpc) is 3.30. The van der Waals surface area contributed by atoms with Gasteiger partial charge < -0.3 is 0 Å². The van der Waals surface area contributed by atoms with Crippen LogP contribution < -0.4 is 10.4 Å². The number of nitrogens with zero attached hydrogens (tertiary/aromatic N) is 3. The van der Waals surface area contributed by atoms with Crippen LogP contribution in [-0.4, -0.2) is 29.7 Å². The third kappa shape index (κ3) is 4.24. The van der Waals surface area contributed by atoms with Gasteiger partial charge in [0.25, 0.3) is 5.91 Å². The summed E-state index contributed by atoms with van der Waals surface area (Å²) in [5.74, 6) is -0.323. The lowest BCUT2D eigenvalue weighted by Gasteiger charge is -2.27. The molecule has 1 amide bonds. The minimum Gasteiger partial charge on any atom is -0.284 e. The molecule has 0 spiro atoms. The maximum atomic E-state index is 13.0. The Bertz CT molecular complexity index is 941. The second-order valence-electron chi connectivity index (χ2n) is 7.35. The van der Waals surface area contributed by atoms with Gasteiger partial charge >= 0.3 is 0 Å². The summed E-state index contributed by atoms with van der Waals surface area (Å²) in [7, 11) is 0. The summed E-state index contributed by atoms with van der Waals surface area (Å²) >= 11 is 18.6. The van der Waals surface area contributed by atoms with Crippen molar-refractivity contribution in [3.63, 3.8) is 0 Å². The fraction of sp³-hybridized carbons (Fsp3) is 0.333. The quantitative estimate of drug-likeness (QED) is 0.684. The molecule has 2 aromatic rings. The van der Waals surface area contributed by atoms with Crippen LogP contribution in [-0.2, 0) is 4.79 Å². The Morgan fingerprint density at radius 3 is 2.34 bits per heavy atom. The number of amides is 1. The number of benzene rings is 2. The third-order valence-corrected chi connectivity index (χ3v) is 6.14. The molecule has 1 saturated heterocycles. The predicted octanol–water partition coefficient (Wildman–Crippen LogP) is 5.33. The zero-order chi connectivity index (χ0) is 20.5. The number of hydrazine groups is 1. The highest BCUT2D eigenvalue weighted by Crippen LogP contribution is 2.42. The first kappa shape index (κ1) is 20.5. The molecule has 4 rings (SSSR count). The second-order valence-corrected chi connectivity index (χ2v) is 8.63. The van der Waals surface area contributed by atoms with Crippen molar-refractivity contribution in [1.29, 1.82) is 0 Å². The van der Waals surface area contributed by atoms with E-state index in [2.05, 4.69) is 5.43 Å². The summed E-state index contributed by atoms with van der Waals surface area (Å²) in [6.07, 6.45) is 2.17. The highest BCUT2D eigenvalue weighted by Gasteiger charge is 2.40. The molecule has 2 heterocycles. The molecule has 29 heavy (non-hydrogen) atoms. The zero-order valence-corrected chi connectivity index (χ0v) is 18.2. The summed E-state index contributed by atoms with van der Waals surface area (Å²) in [5.41, 5.74) is 5.17. The summed E-state index contributed by atoms with van der Waals surface area (Å²) in [4.78, 5) is 13.0. The molecule has 8 heteroatoms. The van der Waals surface area contributed by atoms with Gasteiger partial charge in [-0.1, -0.05) is 53.9 Å². The molecular weight excluding hydrogens is 431 g/mol. The van der Waals surface area contributed by atoms with Crippen molar-refractivity contribution in [2.75, 3.05) is 18.1 Å². The zero-order valence-electron chi connectivity index (χ0n) is 15.9. The molecule has 1 N–H and O–H groups in total. The van der Waals surface area contributed by atoms with Gasteiger partial charge in [0.1, 0.15) is 5.71 Å². The lowest BCUT2D eigenvalue weighted by Crippen LogP contribution is -2.44. The number of carbonyl (C=O) groups is 1. The average molecular weight is 452 g/mol. The van der Waals surface area contributed by atoms with Crippen molar-refractivity contribution in [1.82, 2.24) is 10.4 Å². The Kier molecular flexibility index (Phi) is 6.02. The Hall–Kier alpha value is -1.79. The SMILES string of the molecule is C[C@@H]1C(C(=O)NN2CCCC2)=NN(c2ccc(Cl)cc2Cl)[C@@H]1c1ccc(Cl)cc1. The van der Waals surface area contributed by atoms with Crippen LogP contribution in [0.1, 0.15) is 31.4 Å². The molecule has 2 aromatic carbocycles. The molecule has 0 aromatic heterocycles. The number of carbonyl (C=O) groups excluding carboxylic acids is 1. The maximum Gasteiger partial charge on any atom is 0.282 e. The van der Waals surface area contributed by atoms with E-state index >= 15 is 0 Å². The van der Waals surface area contributed by atoms with Crippen molar-refractivity contribution < 1.29 is 4.79 Å². The van der Waals surface area contributed by atoms with E-state index in [1.54, 1.807) is 12.1 Å². The highest BCUT2D eigenvalue weighted by atomic mass is 35.5. The van der Waals surface area contributed by atoms with Crippen LogP contribution in [0.15, 0.2) is 47.6 Å². The van der Waals surface area contributed by atoms with Crippen LogP contribution in [0.25, 0.3) is 0 Å². The molecule has 0 bridgehead atoms. The fourth-order valence-electron chi connectivity index (χ4n) is 3.87. The highest BCUT2D eigenvalue weighted by molar-refractivity contribution is 6.41. The number of hydrogen-bond donors (Lipinski definition) is 1. The molecular formula is C21H21Cl3N4O. The van der Waals surface area contributed by atoms with Gasteiger partial charge in [-0.25, -0.2) is 5.01 Å². The molecule has 2 aliphatic heterocycles. The number of halogens is 3. The van der Waals surface area contributed by atoms with E-state index in [4.69, 9.17) is 39.9 Å². The van der Waals surface area contributed by atoms with Gasteiger partial charge in [-0.3, -0.25) is 15.2 Å². The van der Waals surface area contributed by atoms with Crippen molar-refractivity contribution in [3.8, 4) is 0 Å². The molecule has 0 radical (unpaired) electrons. The Morgan fingerprint density at radius 1 is 1.03 bits per heavy atom. The van der Waals surface area contributed by atoms with Crippen LogP contribution in [0, 0.1) is 5.92 Å². The van der Waals surface area contributed by atoms with Crippen LogP contribution in [0.5, 0.6) is 0 Å². The Morgan fingerprint density at radius 2 is 1.69 bits per heavy atom. The molecule has 2 aliphatic rings. The maximum absolute atomic E-state index is 13.0. The Labute approximate surface area is 185 Å². The summed E-state index contributed by atoms with van der Waals surface area (Å²) in [6, 6.07) is 12.7. The molecule has 0 saturated carbocycles. The minimum absolute atomic E-state index is 0.148. The van der Waals surface area contributed by atoms with E-state index in [0.717, 1.165) is 31.5 Å². The normalized spacial score (nSPS) is 22.1. The van der Waals surface area contributed by atoms with Crippen LogP contribution in [0.3, 0.4) is 0 Å². The topological polar surface area (TPSA) is 47.9 Å². The van der Waals surface area contributed by atoms with Gasteiger partial charge in [-0.15, -0.1) is 0 Å². The first-order valence-corrected chi connectivity index (χ1v) is 10.7. The second kappa shape index (κ2) is 8.52. The number of hydrogen-bond acceptors (Lipinski definition) is 4. The van der Waals surface area contributed by atoms with E-state index in [1.807, 2.05) is 47.3 Å². The molecule has 0 aliphatic carbocycles. The third-order valence-electron chi connectivity index (χ3n) is 5.35. The molecule has 5 nitrogen and oxygen atoms in total. The largest absolute Gasteiger partial charge is 0.284 e. The Balaban J connectivity index is 1.70. The van der Waals surface area contributed by atoms with E-state index in [9.17, 15) is 4.79 Å². The lowest BCUT2D eigenvalue weighted by molar-refractivity contribution is -0.119. The number of rotatable bonds is 4. The van der Waals surface area contributed by atoms with E-state index in [0.29, 0.717) is 26.5 Å². The van der Waals surface area contributed by atoms with Crippen LogP contribution in [0.4, 0.5) is 5.69 Å². The monoisotopic (exact) mass is 450 g/mol. The predicted molar refractivity (Wildman–Crippen MR) is 119 cm³/mol. The summed E-state index contributed by atoms with van der Waals surface area (Å²) < 4.78 is 0. The fourth-order valence-corrected chi connectivity index (χ4v) is 4.49. The molecule has 2 atom stereocenters. The van der Waals surface area contributed by atoms with E-state index in [-0.39, 0.29) is 17.9 Å². The minimum atomic E-state index is -0.190. The van der Waals surface area contributed by atoms with Gasteiger partial charge in [0, 0.05) is 29.1 Å². The van der Waals surface area contributed by atoms with Crippen molar-refractivity contribution in [3.05, 3.63) is 63.1 Å². The molecule has 0 unspecified atom stereocenters. The van der Waals surface area contributed by atoms with Gasteiger partial charge in [-0.2, -0.15) is 5.10 Å².